The smallest absolute Gasteiger partial charge is 0.340 e. The van der Waals surface area contributed by atoms with E-state index in [0.29, 0.717) is 33.9 Å². The van der Waals surface area contributed by atoms with E-state index >= 15 is 0 Å². The van der Waals surface area contributed by atoms with Crippen molar-refractivity contribution in [2.75, 3.05) is 19.0 Å². The van der Waals surface area contributed by atoms with Crippen molar-refractivity contribution in [1.29, 1.82) is 0 Å². The number of esters is 1. The Labute approximate surface area is 186 Å². The predicted octanol–water partition coefficient (Wildman–Crippen LogP) is 4.97. The van der Waals surface area contributed by atoms with Crippen molar-refractivity contribution in [3.8, 4) is 11.4 Å². The van der Waals surface area contributed by atoms with Crippen molar-refractivity contribution in [1.82, 2.24) is 4.57 Å². The van der Waals surface area contributed by atoms with Gasteiger partial charge in [0.25, 0.3) is 5.91 Å². The highest BCUT2D eigenvalue weighted by Gasteiger charge is 2.21. The van der Waals surface area contributed by atoms with E-state index in [0.717, 1.165) is 6.07 Å². The maximum Gasteiger partial charge on any atom is 0.340 e. The van der Waals surface area contributed by atoms with Gasteiger partial charge in [0.1, 0.15) is 5.75 Å². The van der Waals surface area contributed by atoms with E-state index < -0.39 is 41.6 Å². The summed E-state index contributed by atoms with van der Waals surface area (Å²) in [5, 5.41) is 2.50. The van der Waals surface area contributed by atoms with Gasteiger partial charge in [-0.05, 0) is 50.2 Å². The number of nitrogens with one attached hydrogen (secondary N) is 1. The standard InChI is InChI=1S/C22H18ClF3N2O4/c1-11-8-14(12(2)28(11)17-9-13(23)4-7-18(17)31-3)22(30)32-10-19(29)27-16-6-5-15(24)20(25)21(16)26/h4-9H,10H2,1-3H3,(H,27,29). The van der Waals surface area contributed by atoms with Gasteiger partial charge < -0.3 is 19.4 Å². The number of rotatable bonds is 6. The minimum atomic E-state index is -1.72. The molecule has 3 aromatic rings. The van der Waals surface area contributed by atoms with Crippen LogP contribution in [0.5, 0.6) is 5.75 Å². The first-order valence-electron chi connectivity index (χ1n) is 9.27. The van der Waals surface area contributed by atoms with Crippen LogP contribution in [0.15, 0.2) is 36.4 Å². The summed E-state index contributed by atoms with van der Waals surface area (Å²) < 4.78 is 52.1. The molecule has 0 aliphatic heterocycles. The number of benzene rings is 2. The number of hydrogen-bond donors (Lipinski definition) is 1. The highest BCUT2D eigenvalue weighted by molar-refractivity contribution is 6.30. The summed E-state index contributed by atoms with van der Waals surface area (Å²) in [4.78, 5) is 24.5. The molecule has 0 saturated heterocycles. The zero-order valence-corrected chi connectivity index (χ0v) is 18.0. The lowest BCUT2D eigenvalue weighted by atomic mass is 10.2. The van der Waals surface area contributed by atoms with E-state index in [1.54, 1.807) is 42.7 Å². The Bertz CT molecular complexity index is 1210. The maximum atomic E-state index is 13.7. The van der Waals surface area contributed by atoms with E-state index in [1.165, 1.54) is 7.11 Å². The molecule has 1 N–H and O–H groups in total. The van der Waals surface area contributed by atoms with Gasteiger partial charge in [0.15, 0.2) is 24.1 Å². The summed E-state index contributed by atoms with van der Waals surface area (Å²) in [6, 6.07) is 8.14. The third-order valence-electron chi connectivity index (χ3n) is 4.68. The van der Waals surface area contributed by atoms with Gasteiger partial charge in [-0.15, -0.1) is 0 Å². The van der Waals surface area contributed by atoms with E-state index in [1.807, 2.05) is 5.32 Å². The average molecular weight is 467 g/mol. The van der Waals surface area contributed by atoms with Crippen LogP contribution in [0.3, 0.4) is 0 Å². The number of amides is 1. The third kappa shape index (κ3) is 4.57. The van der Waals surface area contributed by atoms with Crippen molar-refractivity contribution in [2.24, 2.45) is 0 Å². The summed E-state index contributed by atoms with van der Waals surface area (Å²) >= 11 is 6.10. The van der Waals surface area contributed by atoms with Gasteiger partial charge in [-0.3, -0.25) is 4.79 Å². The number of anilines is 1. The molecule has 0 radical (unpaired) electrons. The Morgan fingerprint density at radius 2 is 1.78 bits per heavy atom. The van der Waals surface area contributed by atoms with Crippen LogP contribution in [0.4, 0.5) is 18.9 Å². The molecule has 2 aromatic carbocycles. The molecule has 0 fully saturated rings. The van der Waals surface area contributed by atoms with E-state index in [9.17, 15) is 22.8 Å². The first kappa shape index (κ1) is 23.2. The molecule has 1 aromatic heterocycles. The molecule has 0 spiro atoms. The summed E-state index contributed by atoms with van der Waals surface area (Å²) in [7, 11) is 1.50. The molecule has 1 heterocycles. The summed E-state index contributed by atoms with van der Waals surface area (Å²) in [6.07, 6.45) is 0. The Morgan fingerprint density at radius 1 is 1.06 bits per heavy atom. The monoisotopic (exact) mass is 466 g/mol. The molecular weight excluding hydrogens is 449 g/mol. The lowest BCUT2D eigenvalue weighted by Gasteiger charge is -2.14. The second-order valence-electron chi connectivity index (χ2n) is 6.78. The molecular formula is C22H18ClF3N2O4. The Morgan fingerprint density at radius 3 is 2.47 bits per heavy atom. The minimum Gasteiger partial charge on any atom is -0.495 e. The highest BCUT2D eigenvalue weighted by atomic mass is 35.5. The fourth-order valence-electron chi connectivity index (χ4n) is 3.20. The van der Waals surface area contributed by atoms with Crippen molar-refractivity contribution in [3.63, 3.8) is 0 Å². The van der Waals surface area contributed by atoms with Crippen molar-refractivity contribution in [3.05, 3.63) is 75.8 Å². The number of aromatic nitrogens is 1. The Hall–Kier alpha value is -3.46. The molecule has 3 rings (SSSR count). The molecule has 0 bridgehead atoms. The first-order valence-corrected chi connectivity index (χ1v) is 9.65. The number of nitrogens with zero attached hydrogens (tertiary/aromatic N) is 1. The first-order chi connectivity index (χ1) is 15.1. The largest absolute Gasteiger partial charge is 0.495 e. The summed E-state index contributed by atoms with van der Waals surface area (Å²) in [5.74, 6) is -5.85. The number of methoxy groups -OCH3 is 1. The fourth-order valence-corrected chi connectivity index (χ4v) is 3.36. The third-order valence-corrected chi connectivity index (χ3v) is 4.91. The fraction of sp³-hybridized carbons (Fsp3) is 0.182. The molecule has 1 amide bonds. The van der Waals surface area contributed by atoms with Crippen LogP contribution in [0.25, 0.3) is 5.69 Å². The second kappa shape index (κ2) is 9.35. The van der Waals surface area contributed by atoms with Crippen LogP contribution < -0.4 is 10.1 Å². The van der Waals surface area contributed by atoms with Gasteiger partial charge in [0.2, 0.25) is 0 Å². The van der Waals surface area contributed by atoms with Gasteiger partial charge in [-0.25, -0.2) is 18.0 Å². The van der Waals surface area contributed by atoms with Gasteiger partial charge in [-0.1, -0.05) is 11.6 Å². The Balaban J connectivity index is 1.76. The zero-order chi connectivity index (χ0) is 23.6. The lowest BCUT2D eigenvalue weighted by Crippen LogP contribution is -2.22. The molecule has 6 nitrogen and oxygen atoms in total. The van der Waals surface area contributed by atoms with E-state index in [-0.39, 0.29) is 5.56 Å². The minimum absolute atomic E-state index is 0.191. The molecule has 0 aliphatic rings. The summed E-state index contributed by atoms with van der Waals surface area (Å²) in [5.41, 5.74) is 1.43. The molecule has 32 heavy (non-hydrogen) atoms. The van der Waals surface area contributed by atoms with E-state index in [4.69, 9.17) is 21.1 Å². The molecule has 0 atom stereocenters. The maximum absolute atomic E-state index is 13.7. The van der Waals surface area contributed by atoms with Crippen LogP contribution >= 0.6 is 11.6 Å². The highest BCUT2D eigenvalue weighted by Crippen LogP contribution is 2.31. The quantitative estimate of drug-likeness (QED) is 0.411. The predicted molar refractivity (Wildman–Crippen MR) is 112 cm³/mol. The topological polar surface area (TPSA) is 69.6 Å². The van der Waals surface area contributed by atoms with Crippen molar-refractivity contribution < 1.29 is 32.2 Å². The van der Waals surface area contributed by atoms with Crippen LogP contribution in [0.1, 0.15) is 21.7 Å². The van der Waals surface area contributed by atoms with Crippen LogP contribution in [-0.4, -0.2) is 30.2 Å². The molecule has 10 heteroatoms. The molecule has 0 unspecified atom stereocenters. The van der Waals surface area contributed by atoms with Crippen molar-refractivity contribution in [2.45, 2.75) is 13.8 Å². The molecule has 168 valence electrons. The average Bonchev–Trinajstić information content (AvgIpc) is 3.06. The molecule has 0 aliphatic carbocycles. The number of carbonyl (C=O) groups excluding carboxylic acids is 2. The Kier molecular flexibility index (Phi) is 6.78. The SMILES string of the molecule is COc1ccc(Cl)cc1-n1c(C)cc(C(=O)OCC(=O)Nc2ccc(F)c(F)c2F)c1C. The van der Waals surface area contributed by atoms with Crippen LogP contribution in [-0.2, 0) is 9.53 Å². The summed E-state index contributed by atoms with van der Waals surface area (Å²) in [6.45, 7) is 2.69. The molecule has 0 saturated carbocycles. The van der Waals surface area contributed by atoms with Crippen LogP contribution in [0.2, 0.25) is 5.02 Å². The number of halogens is 4. The number of carbonyl (C=O) groups is 2. The number of hydrogen-bond acceptors (Lipinski definition) is 4. The van der Waals surface area contributed by atoms with Gasteiger partial charge in [0, 0.05) is 16.4 Å². The zero-order valence-electron chi connectivity index (χ0n) is 17.3. The van der Waals surface area contributed by atoms with Crippen LogP contribution in [0, 0.1) is 31.3 Å². The lowest BCUT2D eigenvalue weighted by molar-refractivity contribution is -0.119. The normalized spacial score (nSPS) is 10.7. The number of ether oxygens (including phenoxy) is 2. The van der Waals surface area contributed by atoms with E-state index in [2.05, 4.69) is 0 Å². The van der Waals surface area contributed by atoms with Gasteiger partial charge in [-0.2, -0.15) is 0 Å². The van der Waals surface area contributed by atoms with Gasteiger partial charge >= 0.3 is 5.97 Å². The van der Waals surface area contributed by atoms with Gasteiger partial charge in [0.05, 0.1) is 24.0 Å². The number of aryl methyl sites for hydroxylation is 1. The van der Waals surface area contributed by atoms with Crippen molar-refractivity contribution >= 4 is 29.2 Å². The second-order valence-corrected chi connectivity index (χ2v) is 7.22.